The number of ether oxygens (including phenoxy) is 2. The van der Waals surface area contributed by atoms with Crippen molar-refractivity contribution in [3.63, 3.8) is 0 Å². The molecule has 0 spiro atoms. The molecule has 1 aliphatic rings. The third-order valence-corrected chi connectivity index (χ3v) is 11.6. The highest BCUT2D eigenvalue weighted by molar-refractivity contribution is 5.83. The van der Waals surface area contributed by atoms with Crippen LogP contribution in [0.1, 0.15) is 79.7 Å². The van der Waals surface area contributed by atoms with Crippen LogP contribution < -0.4 is 10.6 Å². The zero-order valence-corrected chi connectivity index (χ0v) is 35.0. The van der Waals surface area contributed by atoms with E-state index in [9.17, 15) is 19.5 Å². The number of likely N-dealkylation sites (tertiary alicyclic amines) is 1. The number of carbonyl (C=O) groups excluding carboxylic acids is 3. The normalized spacial score (nSPS) is 19.5. The predicted octanol–water partition coefficient (Wildman–Crippen LogP) is 4.33. The van der Waals surface area contributed by atoms with Gasteiger partial charge in [0, 0.05) is 51.1 Å². The second-order valence-electron chi connectivity index (χ2n) is 16.2. The summed E-state index contributed by atoms with van der Waals surface area (Å²) < 4.78 is 12.0. The molecule has 3 N–H and O–H groups in total. The Morgan fingerprint density at radius 1 is 0.981 bits per heavy atom. The van der Waals surface area contributed by atoms with Crippen LogP contribution in [0.3, 0.4) is 0 Å². The van der Waals surface area contributed by atoms with Crippen LogP contribution in [0.15, 0.2) is 36.7 Å². The van der Waals surface area contributed by atoms with Gasteiger partial charge >= 0.3 is 0 Å². The first-order valence-corrected chi connectivity index (χ1v) is 19.9. The second-order valence-corrected chi connectivity index (χ2v) is 16.2. The van der Waals surface area contributed by atoms with Crippen molar-refractivity contribution in [3.8, 4) is 0 Å². The summed E-state index contributed by atoms with van der Waals surface area (Å²) in [4.78, 5) is 50.9. The summed E-state index contributed by atoms with van der Waals surface area (Å²) in [5.74, 6) is -0.691. The molecule has 12 heteroatoms. The molecule has 0 radical (unpaired) electrons. The molecular formula is C42H70N6O6. The summed E-state index contributed by atoms with van der Waals surface area (Å²) in [6.07, 6.45) is 4.73. The molecule has 0 aliphatic carbocycles. The molecule has 2 heterocycles. The lowest BCUT2D eigenvalue weighted by atomic mass is 9.89. The highest BCUT2D eigenvalue weighted by atomic mass is 16.5. The number of hydrogen-bond acceptors (Lipinski definition) is 9. The number of nitrogens with one attached hydrogen (secondary N) is 2. The van der Waals surface area contributed by atoms with Crippen LogP contribution in [0.25, 0.3) is 10.8 Å². The minimum Gasteiger partial charge on any atom is -0.379 e. The maximum atomic E-state index is 14.2. The molecule has 2 unspecified atom stereocenters. The van der Waals surface area contributed by atoms with E-state index in [1.807, 2.05) is 88.8 Å². The van der Waals surface area contributed by atoms with Crippen molar-refractivity contribution in [1.82, 2.24) is 30.3 Å². The molecule has 1 saturated heterocycles. The number of pyridine rings is 1. The molecule has 1 aromatic heterocycles. The maximum Gasteiger partial charge on any atom is 0.237 e. The standard InChI is InChI=1S/C42H70N6O6/c1-13-28(6)38(47(10)42(52)36(26(2)3)45-41(51)37(27(4)5)46(8)9)34(53-11)24-35(49)48-22-14-15-33(48)39(54-12)29(7)40(50)44-21-18-30-16-17-32-25-43-20-19-31(32)23-30/h16-17,19-20,23,25-29,33-34,36-39,42,52H,13-15,18,21-22,24H2,1-12H3,(H,44,50)(H,45,51)/t28-,29+,33-,34+,36-,37-,38?,39+,42?/m0/s1. The first-order valence-electron chi connectivity index (χ1n) is 19.9. The number of aromatic nitrogens is 1. The van der Waals surface area contributed by atoms with Crippen LogP contribution in [-0.4, -0.2) is 134 Å². The maximum absolute atomic E-state index is 14.2. The van der Waals surface area contributed by atoms with E-state index >= 15 is 0 Å². The first-order chi connectivity index (χ1) is 25.6. The highest BCUT2D eigenvalue weighted by Crippen LogP contribution is 2.30. The average Bonchev–Trinajstić information content (AvgIpc) is 3.62. The largest absolute Gasteiger partial charge is 0.379 e. The Morgan fingerprint density at radius 2 is 1.69 bits per heavy atom. The molecule has 54 heavy (non-hydrogen) atoms. The van der Waals surface area contributed by atoms with E-state index in [4.69, 9.17) is 9.47 Å². The quantitative estimate of drug-likeness (QED) is 0.159. The second kappa shape index (κ2) is 21.2. The monoisotopic (exact) mass is 755 g/mol. The van der Waals surface area contributed by atoms with Gasteiger partial charge < -0.3 is 30.1 Å². The molecule has 1 fully saturated rings. The van der Waals surface area contributed by atoms with E-state index in [-0.39, 0.29) is 60.0 Å². The molecule has 3 amide bonds. The van der Waals surface area contributed by atoms with Crippen molar-refractivity contribution >= 4 is 28.5 Å². The van der Waals surface area contributed by atoms with Crippen molar-refractivity contribution in [2.24, 2.45) is 23.7 Å². The van der Waals surface area contributed by atoms with E-state index in [0.717, 1.165) is 35.6 Å². The molecule has 3 rings (SSSR count). The number of hydrogen-bond donors (Lipinski definition) is 3. The number of fused-ring (bicyclic) bond motifs is 1. The van der Waals surface area contributed by atoms with Crippen molar-refractivity contribution < 1.29 is 29.0 Å². The van der Waals surface area contributed by atoms with E-state index in [1.54, 1.807) is 20.4 Å². The van der Waals surface area contributed by atoms with Crippen LogP contribution in [0.4, 0.5) is 0 Å². The van der Waals surface area contributed by atoms with Crippen LogP contribution in [-0.2, 0) is 30.3 Å². The summed E-state index contributed by atoms with van der Waals surface area (Å²) in [7, 11) is 8.85. The van der Waals surface area contributed by atoms with Gasteiger partial charge in [-0.2, -0.15) is 0 Å². The van der Waals surface area contributed by atoms with Crippen molar-refractivity contribution in [3.05, 3.63) is 42.2 Å². The fourth-order valence-corrected chi connectivity index (χ4v) is 8.37. The van der Waals surface area contributed by atoms with Gasteiger partial charge in [-0.3, -0.25) is 29.2 Å². The average molecular weight is 755 g/mol. The van der Waals surface area contributed by atoms with Gasteiger partial charge in [-0.1, -0.05) is 73.1 Å². The zero-order chi connectivity index (χ0) is 40.3. The Hall–Kier alpha value is -3.16. The smallest absolute Gasteiger partial charge is 0.237 e. The van der Waals surface area contributed by atoms with Gasteiger partial charge in [0.2, 0.25) is 17.7 Å². The molecule has 1 aromatic carbocycles. The summed E-state index contributed by atoms with van der Waals surface area (Å²) in [5, 5.41) is 20.3. The predicted molar refractivity (Wildman–Crippen MR) is 215 cm³/mol. The van der Waals surface area contributed by atoms with E-state index in [0.29, 0.717) is 19.5 Å². The number of aliphatic hydroxyl groups is 1. The number of likely N-dealkylation sites (N-methyl/N-ethyl adjacent to an activating group) is 2. The number of nitrogens with zero attached hydrogens (tertiary/aromatic N) is 4. The summed E-state index contributed by atoms with van der Waals surface area (Å²) in [5.41, 5.74) is 1.13. The van der Waals surface area contributed by atoms with Gasteiger partial charge in [0.25, 0.3) is 0 Å². The Bertz CT molecular complexity index is 1480. The minimum absolute atomic E-state index is 0.0615. The fourth-order valence-electron chi connectivity index (χ4n) is 8.37. The fraction of sp³-hybridized carbons (Fsp3) is 0.714. The first kappa shape index (κ1) is 45.2. The minimum atomic E-state index is -1.02. The van der Waals surface area contributed by atoms with Gasteiger partial charge in [-0.05, 0) is 75.2 Å². The topological polar surface area (TPSA) is 137 Å². The van der Waals surface area contributed by atoms with E-state index in [1.165, 1.54) is 0 Å². The number of benzene rings is 1. The van der Waals surface area contributed by atoms with Gasteiger partial charge in [0.15, 0.2) is 0 Å². The molecule has 9 atom stereocenters. The van der Waals surface area contributed by atoms with Crippen molar-refractivity contribution in [2.75, 3.05) is 48.5 Å². The lowest BCUT2D eigenvalue weighted by Crippen LogP contribution is -2.61. The molecule has 2 aromatic rings. The summed E-state index contributed by atoms with van der Waals surface area (Å²) >= 11 is 0. The van der Waals surface area contributed by atoms with Gasteiger partial charge in [0.05, 0.1) is 42.7 Å². The van der Waals surface area contributed by atoms with Gasteiger partial charge in [-0.15, -0.1) is 0 Å². The molecular weight excluding hydrogens is 684 g/mol. The lowest BCUT2D eigenvalue weighted by molar-refractivity contribution is -0.145. The Balaban J connectivity index is 1.71. The number of amides is 3. The third-order valence-electron chi connectivity index (χ3n) is 11.6. The van der Waals surface area contributed by atoms with Crippen molar-refractivity contribution in [2.45, 2.75) is 123 Å². The molecule has 0 bridgehead atoms. The summed E-state index contributed by atoms with van der Waals surface area (Å²) in [6.45, 7) is 15.1. The van der Waals surface area contributed by atoms with Gasteiger partial charge in [-0.25, -0.2) is 0 Å². The number of rotatable bonds is 21. The SMILES string of the molecule is CC[C@H](C)C([C@@H](CC(=O)N1CCC[C@H]1[C@H](OC)[C@@H](C)C(=O)NCCc1ccc2cnccc2c1)OC)N(C)C(O)[C@@H](NC(=O)[C@H](C(C)C)N(C)C)C(C)C. The Morgan fingerprint density at radius 3 is 2.28 bits per heavy atom. The number of carbonyl (C=O) groups is 3. The van der Waals surface area contributed by atoms with Crippen LogP contribution in [0.5, 0.6) is 0 Å². The number of aliphatic hydroxyl groups excluding tert-OH is 1. The Kier molecular flexibility index (Phi) is 17.8. The molecule has 0 saturated carbocycles. The van der Waals surface area contributed by atoms with Gasteiger partial charge in [0.1, 0.15) is 6.23 Å². The van der Waals surface area contributed by atoms with Crippen LogP contribution in [0.2, 0.25) is 0 Å². The third kappa shape index (κ3) is 11.4. The van der Waals surface area contributed by atoms with Crippen LogP contribution >= 0.6 is 0 Å². The highest BCUT2D eigenvalue weighted by Gasteiger charge is 2.43. The van der Waals surface area contributed by atoms with Crippen LogP contribution in [0, 0.1) is 23.7 Å². The van der Waals surface area contributed by atoms with E-state index in [2.05, 4.69) is 41.6 Å². The molecule has 12 nitrogen and oxygen atoms in total. The molecule has 304 valence electrons. The lowest BCUT2D eigenvalue weighted by Gasteiger charge is -2.44. The Labute approximate surface area is 324 Å². The van der Waals surface area contributed by atoms with E-state index < -0.39 is 30.4 Å². The van der Waals surface area contributed by atoms with Crippen molar-refractivity contribution in [1.29, 1.82) is 0 Å². The zero-order valence-electron chi connectivity index (χ0n) is 35.0. The number of methoxy groups -OCH3 is 2. The summed E-state index contributed by atoms with van der Waals surface area (Å²) in [6, 6.07) is 6.74. The molecule has 1 aliphatic heterocycles.